The molecule has 3 nitrogen and oxygen atoms in total. The van der Waals surface area contributed by atoms with Gasteiger partial charge in [-0.05, 0) is 25.5 Å². The molecule has 0 unspecified atom stereocenters. The van der Waals surface area contributed by atoms with Crippen LogP contribution in [0, 0.1) is 6.92 Å². The van der Waals surface area contributed by atoms with Gasteiger partial charge in [0.25, 0.3) is 0 Å². The molecule has 0 radical (unpaired) electrons. The largest absolute Gasteiger partial charge is 0.362 e. The minimum atomic E-state index is -1.64. The third-order valence-corrected chi connectivity index (χ3v) is 5.91. The molecule has 0 aromatic heterocycles. The monoisotopic (exact) mass is 476 g/mol. The number of anilines is 1. The van der Waals surface area contributed by atoms with Gasteiger partial charge in [-0.2, -0.15) is 0 Å². The van der Waals surface area contributed by atoms with Crippen LogP contribution in [-0.2, 0) is 4.79 Å². The number of alkyl halides is 3. The maximum Gasteiger partial charge on any atom is 0.228 e. The zero-order chi connectivity index (χ0) is 22.2. The number of aryl methyl sites for hydroxylation is 1. The Morgan fingerprint density at radius 3 is 1.77 bits per heavy atom. The van der Waals surface area contributed by atoms with E-state index >= 15 is 0 Å². The summed E-state index contributed by atoms with van der Waals surface area (Å²) >= 11 is 18.2. The van der Waals surface area contributed by atoms with Gasteiger partial charge < -0.3 is 10.6 Å². The van der Waals surface area contributed by atoms with Crippen LogP contribution in [0.2, 0.25) is 0 Å². The molecule has 30 heavy (non-hydrogen) atoms. The number of rotatable bonds is 16. The van der Waals surface area contributed by atoms with Crippen LogP contribution in [0.5, 0.6) is 0 Å². The Morgan fingerprint density at radius 1 is 0.833 bits per heavy atom. The van der Waals surface area contributed by atoms with Crippen molar-refractivity contribution in [3.8, 4) is 0 Å². The minimum Gasteiger partial charge on any atom is -0.362 e. The average molecular weight is 478 g/mol. The number of unbranched alkanes of at least 4 members (excludes halogenated alkanes) is 11. The van der Waals surface area contributed by atoms with Crippen molar-refractivity contribution < 1.29 is 4.79 Å². The zero-order valence-corrected chi connectivity index (χ0v) is 20.9. The topological polar surface area (TPSA) is 41.1 Å². The van der Waals surface area contributed by atoms with Gasteiger partial charge in [0, 0.05) is 12.1 Å². The molecule has 0 saturated carbocycles. The first kappa shape index (κ1) is 27.4. The number of benzene rings is 1. The van der Waals surface area contributed by atoms with E-state index in [9.17, 15) is 4.79 Å². The highest BCUT2D eigenvalue weighted by Crippen LogP contribution is 2.31. The molecule has 0 heterocycles. The summed E-state index contributed by atoms with van der Waals surface area (Å²) in [4.78, 5) is 12.3. The molecule has 1 atom stereocenters. The van der Waals surface area contributed by atoms with E-state index in [4.69, 9.17) is 34.8 Å². The van der Waals surface area contributed by atoms with Crippen LogP contribution < -0.4 is 10.6 Å². The van der Waals surface area contributed by atoms with Gasteiger partial charge >= 0.3 is 0 Å². The summed E-state index contributed by atoms with van der Waals surface area (Å²) in [5, 5.41) is 5.91. The fourth-order valence-corrected chi connectivity index (χ4v) is 3.70. The number of nitrogens with one attached hydrogen (secondary N) is 2. The van der Waals surface area contributed by atoms with E-state index in [2.05, 4.69) is 17.6 Å². The van der Waals surface area contributed by atoms with Crippen LogP contribution in [0.3, 0.4) is 0 Å². The maximum atomic E-state index is 12.3. The molecular formula is C24H39Cl3N2O. The summed E-state index contributed by atoms with van der Waals surface area (Å²) < 4.78 is -1.64. The second-order valence-corrected chi connectivity index (χ2v) is 10.6. The van der Waals surface area contributed by atoms with Crippen LogP contribution in [0.25, 0.3) is 0 Å². The number of carbonyl (C=O) groups is 1. The standard InChI is InChI=1S/C24H39Cl3N2O/c1-3-4-5-6-7-8-9-10-11-12-13-14-15-22(30)29-23(24(25,26)27)28-21-18-16-20(2)17-19-21/h16-19,23,28H,3-15H2,1-2H3,(H,29,30)/t23-/m0/s1. The van der Waals surface area contributed by atoms with Crippen molar-refractivity contribution in [2.45, 2.75) is 107 Å². The minimum absolute atomic E-state index is 0.0991. The summed E-state index contributed by atoms with van der Waals surface area (Å²) in [6, 6.07) is 7.73. The number of halogens is 3. The molecule has 6 heteroatoms. The number of hydrogen-bond donors (Lipinski definition) is 2. The molecule has 0 aliphatic carbocycles. The van der Waals surface area contributed by atoms with Crippen LogP contribution in [0.4, 0.5) is 5.69 Å². The van der Waals surface area contributed by atoms with Gasteiger partial charge in [-0.3, -0.25) is 4.79 Å². The van der Waals surface area contributed by atoms with Gasteiger partial charge in [-0.1, -0.05) is 130 Å². The normalized spacial score (nSPS) is 12.6. The number of amides is 1. The van der Waals surface area contributed by atoms with Crippen molar-refractivity contribution in [2.24, 2.45) is 0 Å². The van der Waals surface area contributed by atoms with Gasteiger partial charge in [-0.15, -0.1) is 0 Å². The highest BCUT2D eigenvalue weighted by molar-refractivity contribution is 6.68. The molecule has 1 aromatic carbocycles. The predicted molar refractivity (Wildman–Crippen MR) is 133 cm³/mol. The van der Waals surface area contributed by atoms with Crippen molar-refractivity contribution in [2.75, 3.05) is 5.32 Å². The summed E-state index contributed by atoms with van der Waals surface area (Å²) in [6.45, 7) is 4.26. The first-order valence-corrected chi connectivity index (χ1v) is 12.7. The van der Waals surface area contributed by atoms with Gasteiger partial charge in [0.05, 0.1) is 0 Å². The maximum absolute atomic E-state index is 12.3. The lowest BCUT2D eigenvalue weighted by molar-refractivity contribution is -0.121. The zero-order valence-electron chi connectivity index (χ0n) is 18.6. The molecule has 2 N–H and O–H groups in total. The Kier molecular flexibility index (Phi) is 14.7. The lowest BCUT2D eigenvalue weighted by Crippen LogP contribution is -2.49. The highest BCUT2D eigenvalue weighted by Gasteiger charge is 2.33. The molecule has 172 valence electrons. The van der Waals surface area contributed by atoms with E-state index in [1.54, 1.807) is 0 Å². The number of carbonyl (C=O) groups excluding carboxylic acids is 1. The van der Waals surface area contributed by atoms with E-state index in [1.165, 1.54) is 64.2 Å². The smallest absolute Gasteiger partial charge is 0.228 e. The Balaban J connectivity index is 2.15. The second-order valence-electron chi connectivity index (χ2n) is 8.19. The molecule has 0 fully saturated rings. The quantitative estimate of drug-likeness (QED) is 0.143. The summed E-state index contributed by atoms with van der Waals surface area (Å²) in [5.41, 5.74) is 1.93. The lowest BCUT2D eigenvalue weighted by Gasteiger charge is -2.27. The molecule has 0 spiro atoms. The van der Waals surface area contributed by atoms with E-state index < -0.39 is 9.96 Å². The van der Waals surface area contributed by atoms with Crippen molar-refractivity contribution >= 4 is 46.4 Å². The molecule has 1 amide bonds. The van der Waals surface area contributed by atoms with Gasteiger partial charge in [0.15, 0.2) is 0 Å². The molecule has 0 aliphatic heterocycles. The third-order valence-electron chi connectivity index (χ3n) is 5.25. The second kappa shape index (κ2) is 16.1. The van der Waals surface area contributed by atoms with E-state index in [1.807, 2.05) is 31.2 Å². The molecule has 1 rings (SSSR count). The summed E-state index contributed by atoms with van der Waals surface area (Å²) in [5.74, 6) is -0.0991. The van der Waals surface area contributed by atoms with Crippen LogP contribution in [0.15, 0.2) is 24.3 Å². The van der Waals surface area contributed by atoms with Crippen LogP contribution in [0.1, 0.15) is 96.0 Å². The molecular weight excluding hydrogens is 439 g/mol. The molecule has 0 aliphatic rings. The first-order chi connectivity index (χ1) is 14.3. The van der Waals surface area contributed by atoms with Gasteiger partial charge in [-0.25, -0.2) is 0 Å². The first-order valence-electron chi connectivity index (χ1n) is 11.5. The highest BCUT2D eigenvalue weighted by atomic mass is 35.6. The molecule has 0 saturated heterocycles. The van der Waals surface area contributed by atoms with Crippen LogP contribution >= 0.6 is 34.8 Å². The van der Waals surface area contributed by atoms with E-state index in [-0.39, 0.29) is 5.91 Å². The third kappa shape index (κ3) is 13.6. The fourth-order valence-electron chi connectivity index (χ4n) is 3.38. The summed E-state index contributed by atoms with van der Waals surface area (Å²) in [7, 11) is 0. The van der Waals surface area contributed by atoms with Crippen molar-refractivity contribution in [3.63, 3.8) is 0 Å². The van der Waals surface area contributed by atoms with Gasteiger partial charge in [0.1, 0.15) is 6.17 Å². The molecule has 1 aromatic rings. The van der Waals surface area contributed by atoms with E-state index in [0.29, 0.717) is 6.42 Å². The Labute approximate surface area is 198 Å². The Hall–Kier alpha value is -0.640. The van der Waals surface area contributed by atoms with Gasteiger partial charge in [0.2, 0.25) is 9.70 Å². The Morgan fingerprint density at radius 2 is 1.30 bits per heavy atom. The SMILES string of the molecule is CCCCCCCCCCCCCCC(=O)N[C@H](Nc1ccc(C)cc1)C(Cl)(Cl)Cl. The van der Waals surface area contributed by atoms with Crippen LogP contribution in [-0.4, -0.2) is 15.9 Å². The summed E-state index contributed by atoms with van der Waals surface area (Å²) in [6.07, 6.45) is 14.9. The van der Waals surface area contributed by atoms with Crippen molar-refractivity contribution in [3.05, 3.63) is 29.8 Å². The Bertz CT molecular complexity index is 573. The average Bonchev–Trinajstić information content (AvgIpc) is 2.69. The lowest BCUT2D eigenvalue weighted by atomic mass is 10.0. The van der Waals surface area contributed by atoms with E-state index in [0.717, 1.165) is 24.1 Å². The fraction of sp³-hybridized carbons (Fsp3) is 0.708. The van der Waals surface area contributed by atoms with Crippen molar-refractivity contribution in [1.29, 1.82) is 0 Å². The molecule has 0 bridgehead atoms. The van der Waals surface area contributed by atoms with Crippen molar-refractivity contribution in [1.82, 2.24) is 5.32 Å². The number of hydrogen-bond acceptors (Lipinski definition) is 2. The predicted octanol–water partition coefficient (Wildman–Crippen LogP) is 8.31.